The standard InChI is InChI=1S/C10H20N/c1-3-7-11-8-5-6-10(4-2)9-11/h10H,1,3-9H2,2H3. The fourth-order valence-corrected chi connectivity index (χ4v) is 1.91. The summed E-state index contributed by atoms with van der Waals surface area (Å²) in [6.07, 6.45) is 5.27. The van der Waals surface area contributed by atoms with Crippen LogP contribution in [0.2, 0.25) is 0 Å². The van der Waals surface area contributed by atoms with E-state index in [2.05, 4.69) is 18.7 Å². The number of piperidine rings is 1. The van der Waals surface area contributed by atoms with Crippen LogP contribution in [0, 0.1) is 12.8 Å². The molecule has 1 unspecified atom stereocenters. The van der Waals surface area contributed by atoms with E-state index in [1.165, 1.54) is 38.9 Å². The highest BCUT2D eigenvalue weighted by molar-refractivity contribution is 4.71. The summed E-state index contributed by atoms with van der Waals surface area (Å²) in [5.41, 5.74) is 0. The molecule has 1 fully saturated rings. The lowest BCUT2D eigenvalue weighted by Gasteiger charge is -2.31. The van der Waals surface area contributed by atoms with Crippen LogP contribution in [0.4, 0.5) is 0 Å². The van der Waals surface area contributed by atoms with Gasteiger partial charge in [0.15, 0.2) is 0 Å². The van der Waals surface area contributed by atoms with E-state index in [4.69, 9.17) is 0 Å². The highest BCUT2D eigenvalue weighted by Crippen LogP contribution is 2.18. The number of hydrogen-bond acceptors (Lipinski definition) is 1. The van der Waals surface area contributed by atoms with Crippen molar-refractivity contribution in [2.24, 2.45) is 5.92 Å². The molecule has 11 heavy (non-hydrogen) atoms. The van der Waals surface area contributed by atoms with Crippen molar-refractivity contribution in [2.75, 3.05) is 19.6 Å². The van der Waals surface area contributed by atoms with E-state index in [1.807, 2.05) is 0 Å². The zero-order valence-corrected chi connectivity index (χ0v) is 7.68. The van der Waals surface area contributed by atoms with Crippen LogP contribution in [0.5, 0.6) is 0 Å². The first-order chi connectivity index (χ1) is 5.36. The molecule has 0 amide bonds. The lowest BCUT2D eigenvalue weighted by Crippen LogP contribution is -2.35. The predicted octanol–water partition coefficient (Wildman–Crippen LogP) is 2.33. The van der Waals surface area contributed by atoms with Gasteiger partial charge in [-0.2, -0.15) is 0 Å². The number of hydrogen-bond donors (Lipinski definition) is 0. The lowest BCUT2D eigenvalue weighted by atomic mass is 9.96. The zero-order valence-electron chi connectivity index (χ0n) is 7.68. The SMILES string of the molecule is [CH2]CCN1CCCC(CC)C1. The van der Waals surface area contributed by atoms with Gasteiger partial charge >= 0.3 is 0 Å². The molecule has 0 N–H and O–H groups in total. The molecule has 65 valence electrons. The zero-order chi connectivity index (χ0) is 8.10. The second-order valence-electron chi connectivity index (χ2n) is 3.57. The Hall–Kier alpha value is -0.0400. The van der Waals surface area contributed by atoms with Crippen LogP contribution in [-0.2, 0) is 0 Å². The van der Waals surface area contributed by atoms with Crippen molar-refractivity contribution in [3.8, 4) is 0 Å². The summed E-state index contributed by atoms with van der Waals surface area (Å²) in [6, 6.07) is 0. The smallest absolute Gasteiger partial charge is 0.000956 e. The van der Waals surface area contributed by atoms with Gasteiger partial charge in [0.1, 0.15) is 0 Å². The Morgan fingerprint density at radius 3 is 3.00 bits per heavy atom. The number of nitrogens with zero attached hydrogens (tertiary/aromatic N) is 1. The topological polar surface area (TPSA) is 3.24 Å². The van der Waals surface area contributed by atoms with E-state index in [-0.39, 0.29) is 0 Å². The van der Waals surface area contributed by atoms with Crippen molar-refractivity contribution in [1.29, 1.82) is 0 Å². The first kappa shape index (κ1) is 9.05. The molecular formula is C10H20N. The van der Waals surface area contributed by atoms with Gasteiger partial charge in [-0.25, -0.2) is 0 Å². The Balaban J connectivity index is 2.21. The molecule has 0 aromatic rings. The summed E-state index contributed by atoms with van der Waals surface area (Å²) < 4.78 is 0. The third-order valence-electron chi connectivity index (χ3n) is 2.65. The van der Waals surface area contributed by atoms with Gasteiger partial charge in [-0.15, -0.1) is 0 Å². The molecule has 1 saturated heterocycles. The van der Waals surface area contributed by atoms with Crippen molar-refractivity contribution in [1.82, 2.24) is 4.90 Å². The first-order valence-corrected chi connectivity index (χ1v) is 4.88. The Morgan fingerprint density at radius 1 is 1.55 bits per heavy atom. The van der Waals surface area contributed by atoms with Crippen molar-refractivity contribution in [3.05, 3.63) is 6.92 Å². The summed E-state index contributed by atoms with van der Waals surface area (Å²) in [4.78, 5) is 2.56. The minimum atomic E-state index is 0.968. The summed E-state index contributed by atoms with van der Waals surface area (Å²) in [7, 11) is 0. The van der Waals surface area contributed by atoms with Gasteiger partial charge in [0, 0.05) is 6.54 Å². The largest absolute Gasteiger partial charge is 0.303 e. The summed E-state index contributed by atoms with van der Waals surface area (Å²) in [5.74, 6) is 0.968. The molecule has 1 aliphatic heterocycles. The Labute approximate surface area is 70.8 Å². The van der Waals surface area contributed by atoms with Gasteiger partial charge in [0.25, 0.3) is 0 Å². The van der Waals surface area contributed by atoms with Gasteiger partial charge < -0.3 is 4.90 Å². The molecule has 1 heteroatoms. The van der Waals surface area contributed by atoms with Crippen LogP contribution in [0.15, 0.2) is 0 Å². The first-order valence-electron chi connectivity index (χ1n) is 4.88. The minimum Gasteiger partial charge on any atom is -0.303 e. The van der Waals surface area contributed by atoms with Crippen molar-refractivity contribution < 1.29 is 0 Å². The average molecular weight is 154 g/mol. The van der Waals surface area contributed by atoms with Crippen LogP contribution in [0.1, 0.15) is 32.6 Å². The van der Waals surface area contributed by atoms with Crippen molar-refractivity contribution in [3.63, 3.8) is 0 Å². The van der Waals surface area contributed by atoms with Crippen LogP contribution in [-0.4, -0.2) is 24.5 Å². The van der Waals surface area contributed by atoms with E-state index in [1.54, 1.807) is 0 Å². The number of likely N-dealkylation sites (tertiary alicyclic amines) is 1. The molecule has 1 radical (unpaired) electrons. The minimum absolute atomic E-state index is 0.968. The Morgan fingerprint density at radius 2 is 2.36 bits per heavy atom. The summed E-state index contributed by atoms with van der Waals surface area (Å²) in [5, 5.41) is 0. The van der Waals surface area contributed by atoms with E-state index in [9.17, 15) is 0 Å². The van der Waals surface area contributed by atoms with E-state index in [0.29, 0.717) is 0 Å². The molecule has 1 heterocycles. The molecule has 0 bridgehead atoms. The highest BCUT2D eigenvalue weighted by Gasteiger charge is 2.16. The highest BCUT2D eigenvalue weighted by atomic mass is 15.1. The van der Waals surface area contributed by atoms with Crippen LogP contribution >= 0.6 is 0 Å². The van der Waals surface area contributed by atoms with Crippen LogP contribution in [0.3, 0.4) is 0 Å². The van der Waals surface area contributed by atoms with Gasteiger partial charge in [-0.3, -0.25) is 0 Å². The molecule has 0 saturated carbocycles. The molecule has 0 aromatic carbocycles. The maximum Gasteiger partial charge on any atom is 0.000956 e. The maximum atomic E-state index is 3.89. The second-order valence-corrected chi connectivity index (χ2v) is 3.57. The fraction of sp³-hybridized carbons (Fsp3) is 0.900. The van der Waals surface area contributed by atoms with Crippen molar-refractivity contribution in [2.45, 2.75) is 32.6 Å². The molecule has 1 atom stereocenters. The maximum absolute atomic E-state index is 3.89. The van der Waals surface area contributed by atoms with Crippen molar-refractivity contribution >= 4 is 0 Å². The molecule has 1 rings (SSSR count). The normalized spacial score (nSPS) is 27.3. The van der Waals surface area contributed by atoms with Gasteiger partial charge in [0.05, 0.1) is 0 Å². The van der Waals surface area contributed by atoms with Gasteiger partial charge in [-0.05, 0) is 38.3 Å². The molecule has 0 aliphatic carbocycles. The van der Waals surface area contributed by atoms with Gasteiger partial charge in [0.2, 0.25) is 0 Å². The van der Waals surface area contributed by atoms with E-state index in [0.717, 1.165) is 12.3 Å². The van der Waals surface area contributed by atoms with E-state index >= 15 is 0 Å². The second kappa shape index (κ2) is 4.76. The Bertz CT molecular complexity index is 99.0. The monoisotopic (exact) mass is 154 g/mol. The molecule has 1 aliphatic rings. The molecule has 1 nitrogen and oxygen atoms in total. The summed E-state index contributed by atoms with van der Waals surface area (Å²) >= 11 is 0. The quantitative estimate of drug-likeness (QED) is 0.603. The van der Waals surface area contributed by atoms with Crippen LogP contribution < -0.4 is 0 Å². The predicted molar refractivity (Wildman–Crippen MR) is 49.4 cm³/mol. The number of rotatable bonds is 3. The average Bonchev–Trinajstić information content (AvgIpc) is 2.06. The summed E-state index contributed by atoms with van der Waals surface area (Å²) in [6.45, 7) is 10.0. The van der Waals surface area contributed by atoms with E-state index < -0.39 is 0 Å². The molecule has 0 spiro atoms. The fourth-order valence-electron chi connectivity index (χ4n) is 1.91. The third kappa shape index (κ3) is 2.82. The molecule has 0 aromatic heterocycles. The Kier molecular flexibility index (Phi) is 3.92. The third-order valence-corrected chi connectivity index (χ3v) is 2.65. The van der Waals surface area contributed by atoms with Gasteiger partial charge in [-0.1, -0.05) is 20.3 Å². The lowest BCUT2D eigenvalue weighted by molar-refractivity contribution is 0.174. The molecular weight excluding hydrogens is 134 g/mol. The van der Waals surface area contributed by atoms with Crippen LogP contribution in [0.25, 0.3) is 0 Å².